The number of nitrogens with zero attached hydrogens (tertiary/aromatic N) is 4. The number of nitrogen functional groups attached to an aromatic ring is 1. The van der Waals surface area contributed by atoms with Gasteiger partial charge in [-0.05, 0) is 14.0 Å². The van der Waals surface area contributed by atoms with Crippen LogP contribution in [0.3, 0.4) is 0 Å². The maximum atomic E-state index is 12.8. The average molecular weight is 290 g/mol. The summed E-state index contributed by atoms with van der Waals surface area (Å²) < 4.78 is 38.4. The predicted octanol–water partition coefficient (Wildman–Crippen LogP) is 0.921. The molecular formula is C11H17F3N6. The zero-order valence-electron chi connectivity index (χ0n) is 11.3. The minimum Gasteiger partial charge on any atom is -0.354 e. The Morgan fingerprint density at radius 2 is 2.05 bits per heavy atom. The van der Waals surface area contributed by atoms with Crippen molar-refractivity contribution in [2.45, 2.75) is 19.1 Å². The lowest BCUT2D eigenvalue weighted by Gasteiger charge is -2.38. The molecule has 1 aliphatic rings. The second kappa shape index (κ2) is 5.41. The van der Waals surface area contributed by atoms with Crippen LogP contribution in [0.15, 0.2) is 6.07 Å². The minimum absolute atomic E-state index is 0.235. The van der Waals surface area contributed by atoms with E-state index in [1.54, 1.807) is 0 Å². The molecule has 1 fully saturated rings. The van der Waals surface area contributed by atoms with Gasteiger partial charge in [0.25, 0.3) is 0 Å². The molecule has 0 spiro atoms. The molecule has 1 atom stereocenters. The lowest BCUT2D eigenvalue weighted by molar-refractivity contribution is -0.141. The smallest absolute Gasteiger partial charge is 0.354 e. The molecular weight excluding hydrogens is 273 g/mol. The molecule has 20 heavy (non-hydrogen) atoms. The topological polar surface area (TPSA) is 70.3 Å². The van der Waals surface area contributed by atoms with E-state index in [-0.39, 0.29) is 17.8 Å². The van der Waals surface area contributed by atoms with Crippen LogP contribution in [0.1, 0.15) is 12.6 Å². The van der Waals surface area contributed by atoms with Gasteiger partial charge in [-0.2, -0.15) is 18.2 Å². The Bertz CT molecular complexity index is 478. The molecule has 1 aromatic heterocycles. The standard InChI is InChI=1S/C11H17F3N6/c1-7-6-20(4-3-19(7)2)9-5-8(11(12,13)14)16-10(17-9)18-15/h5,7H,3-4,6,15H2,1-2H3,(H,16,17,18). The molecule has 1 unspecified atom stereocenters. The van der Waals surface area contributed by atoms with Gasteiger partial charge < -0.3 is 9.80 Å². The molecule has 2 rings (SSSR count). The van der Waals surface area contributed by atoms with E-state index >= 15 is 0 Å². The van der Waals surface area contributed by atoms with Crippen molar-refractivity contribution in [1.29, 1.82) is 0 Å². The molecule has 112 valence electrons. The Labute approximate surface area is 114 Å². The van der Waals surface area contributed by atoms with Crippen molar-refractivity contribution in [3.8, 4) is 0 Å². The van der Waals surface area contributed by atoms with E-state index in [0.29, 0.717) is 13.1 Å². The highest BCUT2D eigenvalue weighted by atomic mass is 19.4. The molecule has 9 heteroatoms. The van der Waals surface area contributed by atoms with Crippen molar-refractivity contribution >= 4 is 11.8 Å². The Morgan fingerprint density at radius 1 is 1.35 bits per heavy atom. The number of rotatable bonds is 2. The second-order valence-electron chi connectivity index (χ2n) is 4.85. The van der Waals surface area contributed by atoms with Crippen LogP contribution in [-0.2, 0) is 6.18 Å². The van der Waals surface area contributed by atoms with Crippen molar-refractivity contribution in [2.75, 3.05) is 37.0 Å². The monoisotopic (exact) mass is 290 g/mol. The quantitative estimate of drug-likeness (QED) is 0.623. The van der Waals surface area contributed by atoms with E-state index in [2.05, 4.69) is 20.3 Å². The zero-order valence-corrected chi connectivity index (χ0v) is 11.3. The van der Waals surface area contributed by atoms with Crippen LogP contribution in [0, 0.1) is 0 Å². The van der Waals surface area contributed by atoms with Gasteiger partial charge in [-0.25, -0.2) is 10.8 Å². The number of likely N-dealkylation sites (N-methyl/N-ethyl adjacent to an activating group) is 1. The molecule has 0 aliphatic carbocycles. The lowest BCUT2D eigenvalue weighted by atomic mass is 10.2. The van der Waals surface area contributed by atoms with Gasteiger partial charge in [0.15, 0.2) is 5.69 Å². The predicted molar refractivity (Wildman–Crippen MR) is 69.1 cm³/mol. The number of hydrazine groups is 1. The third-order valence-electron chi connectivity index (χ3n) is 3.42. The zero-order chi connectivity index (χ0) is 14.9. The molecule has 0 radical (unpaired) electrons. The molecule has 1 aromatic rings. The minimum atomic E-state index is -4.53. The molecule has 2 heterocycles. The summed E-state index contributed by atoms with van der Waals surface area (Å²) in [7, 11) is 1.98. The largest absolute Gasteiger partial charge is 0.433 e. The number of nitrogens with two attached hydrogens (primary N) is 1. The normalized spacial score (nSPS) is 21.1. The number of halogens is 3. The van der Waals surface area contributed by atoms with Gasteiger partial charge in [0.1, 0.15) is 5.82 Å². The van der Waals surface area contributed by atoms with Gasteiger partial charge in [0.05, 0.1) is 0 Å². The summed E-state index contributed by atoms with van der Waals surface area (Å²) in [6, 6.07) is 1.20. The molecule has 6 nitrogen and oxygen atoms in total. The maximum absolute atomic E-state index is 12.8. The number of anilines is 2. The first-order chi connectivity index (χ1) is 9.31. The van der Waals surface area contributed by atoms with Crippen LogP contribution in [0.5, 0.6) is 0 Å². The molecule has 1 aliphatic heterocycles. The van der Waals surface area contributed by atoms with E-state index in [1.165, 1.54) is 0 Å². The van der Waals surface area contributed by atoms with Gasteiger partial charge in [0.2, 0.25) is 5.95 Å². The van der Waals surface area contributed by atoms with E-state index in [4.69, 9.17) is 5.84 Å². The summed E-state index contributed by atoms with van der Waals surface area (Å²) in [6.07, 6.45) is -4.53. The van der Waals surface area contributed by atoms with Crippen LogP contribution in [0.4, 0.5) is 24.9 Å². The molecule has 0 saturated carbocycles. The van der Waals surface area contributed by atoms with Gasteiger partial charge in [0, 0.05) is 31.7 Å². The Hall–Kier alpha value is -1.61. The number of alkyl halides is 3. The fourth-order valence-corrected chi connectivity index (χ4v) is 2.06. The van der Waals surface area contributed by atoms with Crippen LogP contribution < -0.4 is 16.2 Å². The first-order valence-corrected chi connectivity index (χ1v) is 6.19. The molecule has 0 amide bonds. The van der Waals surface area contributed by atoms with Crippen LogP contribution >= 0.6 is 0 Å². The van der Waals surface area contributed by atoms with Crippen LogP contribution in [0.25, 0.3) is 0 Å². The highest BCUT2D eigenvalue weighted by Gasteiger charge is 2.34. The van der Waals surface area contributed by atoms with E-state index in [1.807, 2.05) is 18.9 Å². The van der Waals surface area contributed by atoms with Crippen molar-refractivity contribution in [3.63, 3.8) is 0 Å². The molecule has 1 saturated heterocycles. The van der Waals surface area contributed by atoms with Crippen molar-refractivity contribution < 1.29 is 13.2 Å². The van der Waals surface area contributed by atoms with E-state index in [9.17, 15) is 13.2 Å². The number of piperazine rings is 1. The molecule has 0 bridgehead atoms. The Balaban J connectivity index is 2.31. The third kappa shape index (κ3) is 3.10. The lowest BCUT2D eigenvalue weighted by Crippen LogP contribution is -2.50. The Kier molecular flexibility index (Phi) is 4.00. The highest BCUT2D eigenvalue weighted by molar-refractivity contribution is 5.45. The SMILES string of the molecule is CC1CN(c2cc(C(F)(F)F)nc(NN)n2)CCN1C. The molecule has 0 aromatic carbocycles. The van der Waals surface area contributed by atoms with Crippen LogP contribution in [-0.4, -0.2) is 47.6 Å². The van der Waals surface area contributed by atoms with Gasteiger partial charge in [-0.1, -0.05) is 0 Å². The van der Waals surface area contributed by atoms with Crippen LogP contribution in [0.2, 0.25) is 0 Å². The number of aromatic nitrogens is 2. The van der Waals surface area contributed by atoms with Gasteiger partial charge >= 0.3 is 6.18 Å². The van der Waals surface area contributed by atoms with Crippen molar-refractivity contribution in [1.82, 2.24) is 14.9 Å². The molecule has 3 N–H and O–H groups in total. The first-order valence-electron chi connectivity index (χ1n) is 6.19. The van der Waals surface area contributed by atoms with Crippen molar-refractivity contribution in [2.24, 2.45) is 5.84 Å². The number of hydrogen-bond donors (Lipinski definition) is 2. The summed E-state index contributed by atoms with van der Waals surface area (Å²) in [5, 5.41) is 0. The van der Waals surface area contributed by atoms with Crippen molar-refractivity contribution in [3.05, 3.63) is 11.8 Å². The summed E-state index contributed by atoms with van der Waals surface area (Å²) in [6.45, 7) is 3.99. The highest BCUT2D eigenvalue weighted by Crippen LogP contribution is 2.30. The summed E-state index contributed by atoms with van der Waals surface area (Å²) in [4.78, 5) is 11.3. The van der Waals surface area contributed by atoms with Gasteiger partial charge in [-0.3, -0.25) is 5.43 Å². The second-order valence-corrected chi connectivity index (χ2v) is 4.85. The number of nitrogens with one attached hydrogen (secondary N) is 1. The van der Waals surface area contributed by atoms with E-state index in [0.717, 1.165) is 12.6 Å². The maximum Gasteiger partial charge on any atom is 0.433 e. The van der Waals surface area contributed by atoms with Gasteiger partial charge in [-0.15, -0.1) is 0 Å². The fourth-order valence-electron chi connectivity index (χ4n) is 2.06. The fraction of sp³-hybridized carbons (Fsp3) is 0.636. The third-order valence-corrected chi connectivity index (χ3v) is 3.42. The summed E-state index contributed by atoms with van der Waals surface area (Å²) in [5.74, 6) is 5.14. The first kappa shape index (κ1) is 14.8. The summed E-state index contributed by atoms with van der Waals surface area (Å²) >= 11 is 0. The summed E-state index contributed by atoms with van der Waals surface area (Å²) in [5.41, 5.74) is 1.08. The Morgan fingerprint density at radius 3 is 2.60 bits per heavy atom. The average Bonchev–Trinajstić information content (AvgIpc) is 2.40. The number of hydrogen-bond acceptors (Lipinski definition) is 6. The van der Waals surface area contributed by atoms with E-state index < -0.39 is 11.9 Å².